The van der Waals surface area contributed by atoms with Crippen molar-refractivity contribution in [2.24, 2.45) is 0 Å². The van der Waals surface area contributed by atoms with Gasteiger partial charge in [0.05, 0.1) is 19.6 Å². The number of amides is 1. The monoisotopic (exact) mass is 327 g/mol. The van der Waals surface area contributed by atoms with Crippen molar-refractivity contribution < 1.29 is 14.3 Å². The van der Waals surface area contributed by atoms with E-state index < -0.39 is 5.41 Å². The molecule has 0 spiro atoms. The molecule has 24 heavy (non-hydrogen) atoms. The molecule has 0 bridgehead atoms. The zero-order valence-corrected chi connectivity index (χ0v) is 15.0. The Morgan fingerprint density at radius 1 is 1.04 bits per heavy atom. The molecule has 0 N–H and O–H groups in total. The van der Waals surface area contributed by atoms with Crippen LogP contribution in [0.2, 0.25) is 0 Å². The summed E-state index contributed by atoms with van der Waals surface area (Å²) in [5, 5.41) is 0. The fourth-order valence-electron chi connectivity index (χ4n) is 2.77. The van der Waals surface area contributed by atoms with E-state index in [9.17, 15) is 4.79 Å². The van der Waals surface area contributed by atoms with Crippen LogP contribution >= 0.6 is 0 Å². The molecule has 0 fully saturated rings. The average molecular weight is 327 g/mol. The third-order valence-electron chi connectivity index (χ3n) is 4.28. The number of hydrogen-bond donors (Lipinski definition) is 0. The van der Waals surface area contributed by atoms with Crippen LogP contribution in [0.25, 0.3) is 0 Å². The number of ether oxygens (including phenoxy) is 2. The van der Waals surface area contributed by atoms with Gasteiger partial charge in [-0.3, -0.25) is 4.79 Å². The molecule has 0 aliphatic rings. The summed E-state index contributed by atoms with van der Waals surface area (Å²) in [5.41, 5.74) is 1.36. The van der Waals surface area contributed by atoms with Crippen molar-refractivity contribution in [3.8, 4) is 11.5 Å². The van der Waals surface area contributed by atoms with E-state index in [1.54, 1.807) is 19.1 Å². The van der Waals surface area contributed by atoms with Gasteiger partial charge in [-0.2, -0.15) is 0 Å². The largest absolute Gasteiger partial charge is 0.497 e. The molecule has 0 aromatic heterocycles. The fourth-order valence-corrected chi connectivity index (χ4v) is 2.77. The number of nitrogens with zero attached hydrogens (tertiary/aromatic N) is 1. The molecule has 0 aliphatic heterocycles. The highest BCUT2D eigenvalue weighted by Gasteiger charge is 2.32. The van der Waals surface area contributed by atoms with E-state index in [2.05, 4.69) is 0 Å². The van der Waals surface area contributed by atoms with E-state index in [-0.39, 0.29) is 5.91 Å². The highest BCUT2D eigenvalue weighted by Crippen LogP contribution is 2.29. The van der Waals surface area contributed by atoms with Gasteiger partial charge in [0.15, 0.2) is 0 Å². The summed E-state index contributed by atoms with van der Waals surface area (Å²) >= 11 is 0. The minimum absolute atomic E-state index is 0.0616. The first-order chi connectivity index (χ1) is 11.4. The van der Waals surface area contributed by atoms with Crippen LogP contribution in [0.5, 0.6) is 11.5 Å². The molecule has 0 heterocycles. The summed E-state index contributed by atoms with van der Waals surface area (Å²) in [6.07, 6.45) is 0. The minimum Gasteiger partial charge on any atom is -0.497 e. The van der Waals surface area contributed by atoms with Crippen LogP contribution < -0.4 is 9.47 Å². The second-order valence-corrected chi connectivity index (χ2v) is 6.33. The molecule has 2 aromatic rings. The van der Waals surface area contributed by atoms with Gasteiger partial charge in [0.2, 0.25) is 5.91 Å². The predicted octanol–water partition coefficient (Wildman–Crippen LogP) is 3.64. The maximum absolute atomic E-state index is 13.0. The molecule has 128 valence electrons. The Bertz CT molecular complexity index is 695. The van der Waals surface area contributed by atoms with E-state index >= 15 is 0 Å². The summed E-state index contributed by atoms with van der Waals surface area (Å²) in [5.74, 6) is 1.51. The lowest BCUT2D eigenvalue weighted by molar-refractivity contribution is -0.135. The van der Waals surface area contributed by atoms with Crippen LogP contribution in [0.1, 0.15) is 25.0 Å². The molecular formula is C20H25NO3. The van der Waals surface area contributed by atoms with Gasteiger partial charge >= 0.3 is 0 Å². The van der Waals surface area contributed by atoms with Gasteiger partial charge in [0.25, 0.3) is 0 Å². The Hall–Kier alpha value is -2.49. The first-order valence-corrected chi connectivity index (χ1v) is 7.92. The number of likely N-dealkylation sites (N-methyl/N-ethyl adjacent to an activating group) is 1. The van der Waals surface area contributed by atoms with Gasteiger partial charge in [-0.1, -0.05) is 30.3 Å². The Balaban J connectivity index is 2.20. The van der Waals surface area contributed by atoms with E-state index in [0.717, 1.165) is 16.9 Å². The van der Waals surface area contributed by atoms with Gasteiger partial charge in [-0.05, 0) is 31.5 Å². The summed E-state index contributed by atoms with van der Waals surface area (Å²) in [4.78, 5) is 14.7. The Morgan fingerprint density at radius 2 is 1.71 bits per heavy atom. The number of carbonyl (C=O) groups is 1. The van der Waals surface area contributed by atoms with Gasteiger partial charge in [-0.15, -0.1) is 0 Å². The van der Waals surface area contributed by atoms with Crippen molar-refractivity contribution in [1.82, 2.24) is 4.90 Å². The van der Waals surface area contributed by atoms with Crippen LogP contribution in [0, 0.1) is 0 Å². The minimum atomic E-state index is -0.588. The number of methoxy groups -OCH3 is 2. The molecule has 0 atom stereocenters. The van der Waals surface area contributed by atoms with Gasteiger partial charge in [0, 0.05) is 25.2 Å². The molecule has 0 aliphatic carbocycles. The Morgan fingerprint density at radius 3 is 2.29 bits per heavy atom. The quantitative estimate of drug-likeness (QED) is 0.813. The predicted molar refractivity (Wildman–Crippen MR) is 95.5 cm³/mol. The Labute approximate surface area is 144 Å². The topological polar surface area (TPSA) is 38.8 Å². The lowest BCUT2D eigenvalue weighted by atomic mass is 9.83. The van der Waals surface area contributed by atoms with E-state index in [1.807, 2.05) is 69.4 Å². The molecule has 2 aromatic carbocycles. The molecule has 0 unspecified atom stereocenters. The summed E-state index contributed by atoms with van der Waals surface area (Å²) in [7, 11) is 5.05. The maximum Gasteiger partial charge on any atom is 0.232 e. The molecule has 0 saturated carbocycles. The van der Waals surface area contributed by atoms with Gasteiger partial charge < -0.3 is 14.4 Å². The molecule has 1 amide bonds. The summed E-state index contributed by atoms with van der Waals surface area (Å²) in [6, 6.07) is 15.5. The van der Waals surface area contributed by atoms with Crippen LogP contribution in [0.15, 0.2) is 48.5 Å². The van der Waals surface area contributed by atoms with Gasteiger partial charge in [-0.25, -0.2) is 0 Å². The van der Waals surface area contributed by atoms with Crippen molar-refractivity contribution in [2.45, 2.75) is 25.8 Å². The number of benzene rings is 2. The van der Waals surface area contributed by atoms with E-state index in [4.69, 9.17) is 9.47 Å². The third kappa shape index (κ3) is 3.70. The fraction of sp³-hybridized carbons (Fsp3) is 0.350. The van der Waals surface area contributed by atoms with Crippen LogP contribution in [-0.4, -0.2) is 32.1 Å². The van der Waals surface area contributed by atoms with Crippen LogP contribution in [-0.2, 0) is 16.8 Å². The van der Waals surface area contributed by atoms with Crippen molar-refractivity contribution in [2.75, 3.05) is 21.3 Å². The zero-order chi connectivity index (χ0) is 17.7. The SMILES string of the molecule is COc1ccc(CN(C)C(=O)C(C)(C)c2ccccc2)c(OC)c1. The second kappa shape index (κ2) is 7.39. The third-order valence-corrected chi connectivity index (χ3v) is 4.28. The first kappa shape index (κ1) is 17.9. The van der Waals surface area contributed by atoms with Crippen LogP contribution in [0.3, 0.4) is 0 Å². The lowest BCUT2D eigenvalue weighted by Crippen LogP contribution is -2.41. The second-order valence-electron chi connectivity index (χ2n) is 6.33. The molecule has 2 rings (SSSR count). The van der Waals surface area contributed by atoms with Crippen molar-refractivity contribution >= 4 is 5.91 Å². The van der Waals surface area contributed by atoms with E-state index in [0.29, 0.717) is 12.3 Å². The highest BCUT2D eigenvalue weighted by molar-refractivity contribution is 5.87. The molecule has 0 saturated heterocycles. The smallest absolute Gasteiger partial charge is 0.232 e. The lowest BCUT2D eigenvalue weighted by Gasteiger charge is -2.30. The van der Waals surface area contributed by atoms with Crippen molar-refractivity contribution in [3.05, 3.63) is 59.7 Å². The van der Waals surface area contributed by atoms with Gasteiger partial charge in [0.1, 0.15) is 11.5 Å². The maximum atomic E-state index is 13.0. The summed E-state index contributed by atoms with van der Waals surface area (Å²) in [6.45, 7) is 4.38. The zero-order valence-electron chi connectivity index (χ0n) is 15.0. The Kier molecular flexibility index (Phi) is 5.50. The van der Waals surface area contributed by atoms with Crippen molar-refractivity contribution in [3.63, 3.8) is 0 Å². The van der Waals surface area contributed by atoms with E-state index in [1.165, 1.54) is 0 Å². The number of hydrogen-bond acceptors (Lipinski definition) is 3. The highest BCUT2D eigenvalue weighted by atomic mass is 16.5. The first-order valence-electron chi connectivity index (χ1n) is 7.92. The molecule has 4 nitrogen and oxygen atoms in total. The molecule has 0 radical (unpaired) electrons. The normalized spacial score (nSPS) is 11.0. The average Bonchev–Trinajstić information content (AvgIpc) is 2.61. The molecule has 4 heteroatoms. The molecular weight excluding hydrogens is 302 g/mol. The number of carbonyl (C=O) groups excluding carboxylic acids is 1. The number of rotatable bonds is 6. The van der Waals surface area contributed by atoms with Crippen molar-refractivity contribution in [1.29, 1.82) is 0 Å². The standard InChI is InChI=1S/C20H25NO3/c1-20(2,16-9-7-6-8-10-16)19(22)21(3)14-15-11-12-17(23-4)13-18(15)24-5/h6-13H,14H2,1-5H3. The summed E-state index contributed by atoms with van der Waals surface area (Å²) < 4.78 is 10.6. The van der Waals surface area contributed by atoms with Crippen LogP contribution in [0.4, 0.5) is 0 Å².